The molecule has 3 nitrogen and oxygen atoms in total. The monoisotopic (exact) mass is 348 g/mol. The van der Waals surface area contributed by atoms with Gasteiger partial charge in [0.05, 0.1) is 28.7 Å². The molecule has 0 radical (unpaired) electrons. The molecule has 0 unspecified atom stereocenters. The quantitative estimate of drug-likeness (QED) is 0.761. The van der Waals surface area contributed by atoms with Crippen LogP contribution in [0, 0.1) is 6.92 Å². The molecule has 1 aromatic carbocycles. The van der Waals surface area contributed by atoms with E-state index in [4.69, 9.17) is 10.2 Å². The highest BCUT2D eigenvalue weighted by molar-refractivity contribution is 7.13. The minimum Gasteiger partial charge on any atom is -0.415 e. The van der Waals surface area contributed by atoms with E-state index in [0.29, 0.717) is 6.61 Å². The van der Waals surface area contributed by atoms with E-state index in [-0.39, 0.29) is 11.1 Å². The fourth-order valence-electron chi connectivity index (χ4n) is 2.07. The molecular weight excluding hydrogens is 320 g/mol. The van der Waals surface area contributed by atoms with Gasteiger partial charge in [-0.2, -0.15) is 0 Å². The lowest BCUT2D eigenvalue weighted by Crippen LogP contribution is -2.42. The van der Waals surface area contributed by atoms with E-state index in [9.17, 15) is 0 Å². The fourth-order valence-corrected chi connectivity index (χ4v) is 3.91. The second-order valence-corrected chi connectivity index (χ2v) is 13.2. The van der Waals surface area contributed by atoms with Crippen LogP contribution in [0.15, 0.2) is 29.8 Å². The molecule has 1 aromatic heterocycles. The lowest BCUT2D eigenvalue weighted by Gasteiger charge is -2.37. The number of rotatable bonds is 5. The maximum Gasteiger partial charge on any atom is 0.192 e. The Hall–Kier alpha value is -1.01. The first kappa shape index (κ1) is 18.3. The molecule has 0 aliphatic rings. The van der Waals surface area contributed by atoms with Crippen molar-refractivity contribution in [2.75, 3.05) is 6.61 Å². The molecule has 0 aliphatic heterocycles. The fraction of sp³-hybridized carbons (Fsp3) is 0.500. The van der Waals surface area contributed by atoms with Crippen LogP contribution in [0.1, 0.15) is 38.1 Å². The summed E-state index contributed by atoms with van der Waals surface area (Å²) in [5.74, 6) is 0. The van der Waals surface area contributed by atoms with Gasteiger partial charge >= 0.3 is 0 Å². The Morgan fingerprint density at radius 2 is 1.83 bits per heavy atom. The molecule has 0 fully saturated rings. The summed E-state index contributed by atoms with van der Waals surface area (Å²) in [5.41, 5.74) is 11.6. The topological polar surface area (TPSA) is 48.1 Å². The van der Waals surface area contributed by atoms with Gasteiger partial charge in [-0.3, -0.25) is 0 Å². The average molecular weight is 349 g/mol. The molecule has 1 heterocycles. The van der Waals surface area contributed by atoms with Crippen LogP contribution in [0.5, 0.6) is 0 Å². The summed E-state index contributed by atoms with van der Waals surface area (Å²) in [4.78, 5) is 5.53. The van der Waals surface area contributed by atoms with E-state index in [0.717, 1.165) is 11.3 Å². The van der Waals surface area contributed by atoms with Gasteiger partial charge in [0.1, 0.15) is 0 Å². The maximum atomic E-state index is 6.33. The highest BCUT2D eigenvalue weighted by Gasteiger charge is 2.37. The van der Waals surface area contributed by atoms with Gasteiger partial charge in [-0.15, -0.1) is 11.3 Å². The number of hydrogen-bond donors (Lipinski definition) is 1. The average Bonchev–Trinajstić information content (AvgIpc) is 2.90. The zero-order valence-electron chi connectivity index (χ0n) is 15.0. The van der Waals surface area contributed by atoms with Crippen LogP contribution in [-0.4, -0.2) is 19.9 Å². The number of thiazole rings is 1. The summed E-state index contributed by atoms with van der Waals surface area (Å²) in [6.07, 6.45) is 0. The Morgan fingerprint density at radius 1 is 1.22 bits per heavy atom. The highest BCUT2D eigenvalue weighted by Crippen LogP contribution is 2.37. The van der Waals surface area contributed by atoms with Crippen molar-refractivity contribution in [3.8, 4) is 10.4 Å². The van der Waals surface area contributed by atoms with Gasteiger partial charge in [0, 0.05) is 0 Å². The summed E-state index contributed by atoms with van der Waals surface area (Å²) >= 11 is 1.67. The molecule has 2 aromatic rings. The third-order valence-corrected chi connectivity index (χ3v) is 10.3. The Bertz CT molecular complexity index is 644. The molecule has 0 saturated carbocycles. The summed E-state index contributed by atoms with van der Waals surface area (Å²) in [5, 5.41) is 0.209. The number of benzene rings is 1. The van der Waals surface area contributed by atoms with Crippen LogP contribution in [0.3, 0.4) is 0 Å². The zero-order chi connectivity index (χ0) is 17.3. The molecule has 0 amide bonds. The van der Waals surface area contributed by atoms with Crippen molar-refractivity contribution in [3.05, 3.63) is 41.0 Å². The standard InChI is InChI=1S/C18H28N2OSSi/c1-13-17(22-12-20-13)15-9-7-14(8-10-15)16(19)11-21-23(5,6)18(2,3)4/h7-10,12,16H,11,19H2,1-6H3/t16-/m0/s1. The van der Waals surface area contributed by atoms with E-state index >= 15 is 0 Å². The molecule has 1 atom stereocenters. The second-order valence-electron chi connectivity index (χ2n) is 7.57. The minimum absolute atomic E-state index is 0.0827. The lowest BCUT2D eigenvalue weighted by atomic mass is 10.1. The number of aryl methyl sites for hydroxylation is 1. The van der Waals surface area contributed by atoms with Crippen molar-refractivity contribution >= 4 is 19.7 Å². The van der Waals surface area contributed by atoms with Crippen LogP contribution in [0.2, 0.25) is 18.1 Å². The molecule has 23 heavy (non-hydrogen) atoms. The van der Waals surface area contributed by atoms with E-state index in [1.807, 2.05) is 12.4 Å². The molecule has 126 valence electrons. The van der Waals surface area contributed by atoms with Gasteiger partial charge < -0.3 is 10.2 Å². The predicted octanol–water partition coefficient (Wildman–Crippen LogP) is 5.14. The maximum absolute atomic E-state index is 6.33. The van der Waals surface area contributed by atoms with E-state index in [1.165, 1.54) is 10.4 Å². The number of aromatic nitrogens is 1. The van der Waals surface area contributed by atoms with E-state index in [2.05, 4.69) is 63.1 Å². The Kier molecular flexibility index (Phi) is 5.46. The van der Waals surface area contributed by atoms with Crippen molar-refractivity contribution in [1.29, 1.82) is 0 Å². The Balaban J connectivity index is 2.04. The van der Waals surface area contributed by atoms with Gasteiger partial charge in [-0.1, -0.05) is 45.0 Å². The van der Waals surface area contributed by atoms with Gasteiger partial charge in [-0.05, 0) is 36.2 Å². The van der Waals surface area contributed by atoms with Crippen LogP contribution in [0.4, 0.5) is 0 Å². The molecule has 0 spiro atoms. The second kappa shape index (κ2) is 6.85. The van der Waals surface area contributed by atoms with Crippen molar-refractivity contribution in [1.82, 2.24) is 4.98 Å². The van der Waals surface area contributed by atoms with Gasteiger partial charge in [0.15, 0.2) is 8.32 Å². The molecular formula is C18H28N2OSSi. The smallest absolute Gasteiger partial charge is 0.192 e. The van der Waals surface area contributed by atoms with Gasteiger partial charge in [0.25, 0.3) is 0 Å². The summed E-state index contributed by atoms with van der Waals surface area (Å²) in [6.45, 7) is 13.9. The van der Waals surface area contributed by atoms with Crippen LogP contribution < -0.4 is 5.73 Å². The van der Waals surface area contributed by atoms with Gasteiger partial charge in [-0.25, -0.2) is 4.98 Å². The molecule has 0 bridgehead atoms. The first-order chi connectivity index (χ1) is 10.6. The van der Waals surface area contributed by atoms with Crippen molar-refractivity contribution in [3.63, 3.8) is 0 Å². The summed E-state index contributed by atoms with van der Waals surface area (Å²) in [6, 6.07) is 8.38. The lowest BCUT2D eigenvalue weighted by molar-refractivity contribution is 0.264. The first-order valence-corrected chi connectivity index (χ1v) is 11.8. The number of hydrogen-bond acceptors (Lipinski definition) is 4. The van der Waals surface area contributed by atoms with Crippen molar-refractivity contribution in [2.45, 2.75) is 51.9 Å². The van der Waals surface area contributed by atoms with Crippen molar-refractivity contribution in [2.24, 2.45) is 5.73 Å². The first-order valence-electron chi connectivity index (χ1n) is 8.02. The van der Waals surface area contributed by atoms with Crippen molar-refractivity contribution < 1.29 is 4.43 Å². The number of nitrogens with two attached hydrogens (primary N) is 1. The van der Waals surface area contributed by atoms with Crippen LogP contribution >= 0.6 is 11.3 Å². The number of nitrogens with zero attached hydrogens (tertiary/aromatic N) is 1. The van der Waals surface area contributed by atoms with E-state index in [1.54, 1.807) is 11.3 Å². The van der Waals surface area contributed by atoms with E-state index < -0.39 is 8.32 Å². The third kappa shape index (κ3) is 4.29. The zero-order valence-corrected chi connectivity index (χ0v) is 16.8. The molecule has 0 saturated heterocycles. The highest BCUT2D eigenvalue weighted by atomic mass is 32.1. The molecule has 5 heteroatoms. The molecule has 2 rings (SSSR count). The minimum atomic E-state index is -1.75. The van der Waals surface area contributed by atoms with Crippen LogP contribution in [0.25, 0.3) is 10.4 Å². The van der Waals surface area contributed by atoms with Gasteiger partial charge in [0.2, 0.25) is 0 Å². The predicted molar refractivity (Wildman–Crippen MR) is 102 cm³/mol. The molecule has 2 N–H and O–H groups in total. The molecule has 0 aliphatic carbocycles. The Labute approximate surface area is 145 Å². The Morgan fingerprint density at radius 3 is 2.30 bits per heavy atom. The third-order valence-electron chi connectivity index (χ3n) is 4.78. The van der Waals surface area contributed by atoms with Crippen LogP contribution in [-0.2, 0) is 4.43 Å². The summed E-state index contributed by atoms with van der Waals surface area (Å²) < 4.78 is 6.24. The largest absolute Gasteiger partial charge is 0.415 e. The normalized spacial score (nSPS) is 14.0. The summed E-state index contributed by atoms with van der Waals surface area (Å²) in [7, 11) is -1.75. The SMILES string of the molecule is Cc1ncsc1-c1ccc([C@@H](N)CO[Si](C)(C)C(C)(C)C)cc1.